The van der Waals surface area contributed by atoms with E-state index >= 15 is 0 Å². The van der Waals surface area contributed by atoms with Crippen molar-refractivity contribution in [2.45, 2.75) is 13.3 Å². The van der Waals surface area contributed by atoms with Crippen molar-refractivity contribution in [2.75, 3.05) is 17.2 Å². The second-order valence-electron chi connectivity index (χ2n) is 8.34. The van der Waals surface area contributed by atoms with Crippen molar-refractivity contribution in [1.29, 1.82) is 0 Å². The van der Waals surface area contributed by atoms with Gasteiger partial charge in [-0.3, -0.25) is 14.4 Å². The van der Waals surface area contributed by atoms with Gasteiger partial charge in [0, 0.05) is 23.4 Å². The van der Waals surface area contributed by atoms with Crippen LogP contribution in [0.3, 0.4) is 0 Å². The third-order valence-corrected chi connectivity index (χ3v) is 5.75. The van der Waals surface area contributed by atoms with E-state index in [2.05, 4.69) is 16.0 Å². The van der Waals surface area contributed by atoms with Crippen LogP contribution in [-0.2, 0) is 6.42 Å². The first-order valence-corrected chi connectivity index (χ1v) is 11.7. The van der Waals surface area contributed by atoms with Crippen molar-refractivity contribution in [3.8, 4) is 0 Å². The van der Waals surface area contributed by atoms with Gasteiger partial charge >= 0.3 is 0 Å². The number of anilines is 2. The standard InChI is InChI=1S/C30H27N3O3/c1-21-16-17-24(20-27(21)33-28(34)23-12-6-3-7-13-23)29(35)32-26-15-9-8-14-25(26)30(36)31-19-18-22-10-4-2-5-11-22/h2-17,20H,18-19H2,1H3,(H,31,36)(H,32,35)(H,33,34). The van der Waals surface area contributed by atoms with Gasteiger partial charge in [0.15, 0.2) is 0 Å². The Bertz CT molecular complexity index is 1370. The molecule has 6 heteroatoms. The molecular weight excluding hydrogens is 450 g/mol. The van der Waals surface area contributed by atoms with E-state index in [1.54, 1.807) is 66.7 Å². The lowest BCUT2D eigenvalue weighted by atomic mass is 10.1. The molecule has 4 rings (SSSR count). The van der Waals surface area contributed by atoms with Crippen molar-refractivity contribution < 1.29 is 14.4 Å². The highest BCUT2D eigenvalue weighted by molar-refractivity contribution is 6.10. The zero-order valence-corrected chi connectivity index (χ0v) is 20.0. The monoisotopic (exact) mass is 477 g/mol. The number of carbonyl (C=O) groups is 3. The summed E-state index contributed by atoms with van der Waals surface area (Å²) in [5.74, 6) is -0.898. The normalized spacial score (nSPS) is 10.4. The second kappa shape index (κ2) is 11.6. The van der Waals surface area contributed by atoms with Gasteiger partial charge in [-0.05, 0) is 60.9 Å². The molecule has 0 radical (unpaired) electrons. The summed E-state index contributed by atoms with van der Waals surface area (Å²) in [6, 6.07) is 30.8. The van der Waals surface area contributed by atoms with Gasteiger partial charge in [0.2, 0.25) is 0 Å². The Kier molecular flexibility index (Phi) is 7.88. The first-order valence-electron chi connectivity index (χ1n) is 11.7. The molecule has 0 spiro atoms. The highest BCUT2D eigenvalue weighted by Crippen LogP contribution is 2.21. The molecule has 0 aliphatic carbocycles. The number of para-hydroxylation sites is 1. The maximum Gasteiger partial charge on any atom is 0.255 e. The third-order valence-electron chi connectivity index (χ3n) is 5.75. The van der Waals surface area contributed by atoms with Gasteiger partial charge in [0.1, 0.15) is 0 Å². The number of nitrogens with one attached hydrogen (secondary N) is 3. The molecule has 0 atom stereocenters. The molecule has 0 saturated heterocycles. The molecule has 180 valence electrons. The summed E-state index contributed by atoms with van der Waals surface area (Å²) >= 11 is 0. The van der Waals surface area contributed by atoms with Crippen molar-refractivity contribution in [3.05, 3.63) is 131 Å². The Labute approximate surface area is 210 Å². The highest BCUT2D eigenvalue weighted by Gasteiger charge is 2.15. The number of hydrogen-bond donors (Lipinski definition) is 3. The predicted molar refractivity (Wildman–Crippen MR) is 142 cm³/mol. The number of hydrogen-bond acceptors (Lipinski definition) is 3. The Hall–Kier alpha value is -4.71. The van der Waals surface area contributed by atoms with E-state index in [1.165, 1.54) is 0 Å². The summed E-state index contributed by atoms with van der Waals surface area (Å²) in [5.41, 5.74) is 4.19. The number of benzene rings is 4. The van der Waals surface area contributed by atoms with E-state index < -0.39 is 0 Å². The zero-order chi connectivity index (χ0) is 25.3. The van der Waals surface area contributed by atoms with Gasteiger partial charge < -0.3 is 16.0 Å². The lowest BCUT2D eigenvalue weighted by Gasteiger charge is -2.13. The van der Waals surface area contributed by atoms with Gasteiger partial charge in [-0.15, -0.1) is 0 Å². The van der Waals surface area contributed by atoms with Crippen LogP contribution in [0.1, 0.15) is 42.2 Å². The number of carbonyl (C=O) groups excluding carboxylic acids is 3. The zero-order valence-electron chi connectivity index (χ0n) is 20.0. The molecule has 0 aliphatic heterocycles. The van der Waals surface area contributed by atoms with E-state index in [0.29, 0.717) is 41.0 Å². The minimum absolute atomic E-state index is 0.256. The van der Waals surface area contributed by atoms with Crippen molar-refractivity contribution in [1.82, 2.24) is 5.32 Å². The van der Waals surface area contributed by atoms with Crippen molar-refractivity contribution in [3.63, 3.8) is 0 Å². The van der Waals surface area contributed by atoms with Crippen LogP contribution in [0.4, 0.5) is 11.4 Å². The molecule has 0 aromatic heterocycles. The lowest BCUT2D eigenvalue weighted by Crippen LogP contribution is -2.27. The minimum atomic E-state index is -0.380. The lowest BCUT2D eigenvalue weighted by molar-refractivity contribution is 0.0954. The van der Waals surface area contributed by atoms with Crippen LogP contribution in [0.15, 0.2) is 103 Å². The van der Waals surface area contributed by atoms with E-state index in [0.717, 1.165) is 11.1 Å². The molecule has 4 aromatic rings. The molecule has 0 saturated carbocycles. The second-order valence-corrected chi connectivity index (χ2v) is 8.34. The average Bonchev–Trinajstić information content (AvgIpc) is 2.91. The van der Waals surface area contributed by atoms with Gasteiger partial charge in [0.05, 0.1) is 11.3 Å². The summed E-state index contributed by atoms with van der Waals surface area (Å²) in [7, 11) is 0. The molecule has 0 heterocycles. The summed E-state index contributed by atoms with van der Waals surface area (Å²) in [5, 5.41) is 8.62. The van der Waals surface area contributed by atoms with Crippen LogP contribution in [0, 0.1) is 6.92 Å². The SMILES string of the molecule is Cc1ccc(C(=O)Nc2ccccc2C(=O)NCCc2ccccc2)cc1NC(=O)c1ccccc1. The molecule has 0 unspecified atom stereocenters. The summed E-state index contributed by atoms with van der Waals surface area (Å²) < 4.78 is 0. The van der Waals surface area contributed by atoms with Gasteiger partial charge in [0.25, 0.3) is 17.7 Å². The molecule has 4 aromatic carbocycles. The molecule has 6 nitrogen and oxygen atoms in total. The van der Waals surface area contributed by atoms with Gasteiger partial charge in [-0.25, -0.2) is 0 Å². The van der Waals surface area contributed by atoms with Crippen LogP contribution in [0.5, 0.6) is 0 Å². The highest BCUT2D eigenvalue weighted by atomic mass is 16.2. The van der Waals surface area contributed by atoms with E-state index in [1.807, 2.05) is 43.3 Å². The molecule has 0 aliphatic rings. The van der Waals surface area contributed by atoms with Crippen LogP contribution >= 0.6 is 0 Å². The average molecular weight is 478 g/mol. The fourth-order valence-electron chi connectivity index (χ4n) is 3.73. The molecule has 0 fully saturated rings. The fraction of sp³-hybridized carbons (Fsp3) is 0.100. The molecule has 0 bridgehead atoms. The van der Waals surface area contributed by atoms with Crippen LogP contribution < -0.4 is 16.0 Å². The Morgan fingerprint density at radius 2 is 1.22 bits per heavy atom. The molecular formula is C30H27N3O3. The quantitative estimate of drug-likeness (QED) is 0.314. The smallest absolute Gasteiger partial charge is 0.255 e. The van der Waals surface area contributed by atoms with E-state index in [-0.39, 0.29) is 17.7 Å². The number of amides is 3. The molecule has 3 amide bonds. The van der Waals surface area contributed by atoms with Crippen molar-refractivity contribution in [2.24, 2.45) is 0 Å². The van der Waals surface area contributed by atoms with E-state index in [9.17, 15) is 14.4 Å². The van der Waals surface area contributed by atoms with E-state index in [4.69, 9.17) is 0 Å². The first-order chi connectivity index (χ1) is 17.5. The van der Waals surface area contributed by atoms with Crippen LogP contribution in [-0.4, -0.2) is 24.3 Å². The Morgan fingerprint density at radius 1 is 0.611 bits per heavy atom. The summed E-state index contributed by atoms with van der Waals surface area (Å²) in [6.45, 7) is 2.34. The van der Waals surface area contributed by atoms with Gasteiger partial charge in [-0.2, -0.15) is 0 Å². The topological polar surface area (TPSA) is 87.3 Å². The Balaban J connectivity index is 1.44. The largest absolute Gasteiger partial charge is 0.352 e. The summed E-state index contributed by atoms with van der Waals surface area (Å²) in [4.78, 5) is 38.4. The predicted octanol–water partition coefficient (Wildman–Crippen LogP) is 5.47. The maximum absolute atomic E-state index is 13.1. The van der Waals surface area contributed by atoms with Crippen LogP contribution in [0.2, 0.25) is 0 Å². The summed E-state index contributed by atoms with van der Waals surface area (Å²) in [6.07, 6.45) is 0.710. The fourth-order valence-corrected chi connectivity index (χ4v) is 3.73. The first kappa shape index (κ1) is 24.4. The van der Waals surface area contributed by atoms with Crippen molar-refractivity contribution >= 4 is 29.1 Å². The minimum Gasteiger partial charge on any atom is -0.352 e. The maximum atomic E-state index is 13.1. The number of rotatable bonds is 8. The molecule has 36 heavy (non-hydrogen) atoms. The van der Waals surface area contributed by atoms with Crippen LogP contribution in [0.25, 0.3) is 0 Å². The number of aryl methyl sites for hydroxylation is 1. The Morgan fingerprint density at radius 3 is 1.97 bits per heavy atom. The van der Waals surface area contributed by atoms with Gasteiger partial charge in [-0.1, -0.05) is 66.7 Å². The molecule has 3 N–H and O–H groups in total. The third kappa shape index (κ3) is 6.24.